The van der Waals surface area contributed by atoms with E-state index in [1.54, 1.807) is 0 Å². The Bertz CT molecular complexity index is 288. The van der Waals surface area contributed by atoms with Crippen LogP contribution in [0.25, 0.3) is 0 Å². The number of halogens is 3. The maximum atomic E-state index is 5.92. The normalized spacial score (nSPS) is 12.6. The molecule has 1 nitrogen and oxygen atoms in total. The van der Waals surface area contributed by atoms with Crippen LogP contribution in [0.15, 0.2) is 18.2 Å². The second kappa shape index (κ2) is 4.94. The molecule has 1 N–H and O–H groups in total. The summed E-state index contributed by atoms with van der Waals surface area (Å²) in [5, 5.41) is 3.73. The van der Waals surface area contributed by atoms with Crippen molar-refractivity contribution in [1.82, 2.24) is 0 Å². The Kier molecular flexibility index (Phi) is 4.17. The number of rotatable bonds is 3. The van der Waals surface area contributed by atoms with Gasteiger partial charge >= 0.3 is 0 Å². The van der Waals surface area contributed by atoms with Gasteiger partial charge < -0.3 is 5.32 Å². The molecule has 0 aliphatic carbocycles. The van der Waals surface area contributed by atoms with Crippen LogP contribution in [0, 0.1) is 6.92 Å². The maximum Gasteiger partial charge on any atom is 0.115 e. The summed E-state index contributed by atoms with van der Waals surface area (Å²) in [5.74, 6) is 0.354. The van der Waals surface area contributed by atoms with Crippen molar-refractivity contribution in [2.24, 2.45) is 0 Å². The Morgan fingerprint density at radius 1 is 1.46 bits per heavy atom. The topological polar surface area (TPSA) is 12.0 Å². The molecule has 0 saturated heterocycles. The predicted molar refractivity (Wildman–Crippen MR) is 60.2 cm³/mol. The molecule has 0 saturated carbocycles. The molecule has 0 radical (unpaired) electrons. The van der Waals surface area contributed by atoms with Crippen molar-refractivity contribution in [2.75, 3.05) is 11.2 Å². The Hall–Kier alpha value is -0.110. The van der Waals surface area contributed by atoms with Gasteiger partial charge in [0.1, 0.15) is 5.50 Å². The van der Waals surface area contributed by atoms with E-state index in [1.165, 1.54) is 0 Å². The van der Waals surface area contributed by atoms with Crippen LogP contribution in [-0.4, -0.2) is 11.4 Å². The quantitative estimate of drug-likeness (QED) is 0.623. The summed E-state index contributed by atoms with van der Waals surface area (Å²) in [7, 11) is 0. The average molecular weight is 239 g/mol. The van der Waals surface area contributed by atoms with Crippen LogP contribution in [-0.2, 0) is 0 Å². The zero-order chi connectivity index (χ0) is 9.84. The summed E-state index contributed by atoms with van der Waals surface area (Å²) in [6.45, 7) is 1.95. The molecule has 1 atom stereocenters. The van der Waals surface area contributed by atoms with Crippen molar-refractivity contribution in [3.63, 3.8) is 0 Å². The van der Waals surface area contributed by atoms with Crippen LogP contribution in [0.2, 0.25) is 5.02 Å². The molecule has 1 rings (SSSR count). The van der Waals surface area contributed by atoms with Gasteiger partial charge in [0, 0.05) is 10.7 Å². The first-order valence-corrected chi connectivity index (χ1v) is 5.21. The smallest absolute Gasteiger partial charge is 0.115 e. The highest BCUT2D eigenvalue weighted by atomic mass is 35.5. The van der Waals surface area contributed by atoms with E-state index in [-0.39, 0.29) is 5.50 Å². The number of aryl methyl sites for hydroxylation is 1. The third-order valence-corrected chi connectivity index (χ3v) is 2.77. The molecule has 0 spiro atoms. The highest BCUT2D eigenvalue weighted by Crippen LogP contribution is 2.21. The highest BCUT2D eigenvalue weighted by Gasteiger charge is 2.02. The van der Waals surface area contributed by atoms with Gasteiger partial charge in [0.25, 0.3) is 0 Å². The van der Waals surface area contributed by atoms with Crippen LogP contribution < -0.4 is 5.32 Å². The lowest BCUT2D eigenvalue weighted by atomic mass is 10.2. The summed E-state index contributed by atoms with van der Waals surface area (Å²) in [6, 6.07) is 5.68. The van der Waals surface area contributed by atoms with E-state index in [9.17, 15) is 0 Å². The van der Waals surface area contributed by atoms with Crippen molar-refractivity contribution in [3.8, 4) is 0 Å². The van der Waals surface area contributed by atoms with E-state index >= 15 is 0 Å². The first-order chi connectivity index (χ1) is 6.13. The summed E-state index contributed by atoms with van der Waals surface area (Å²) in [5.41, 5.74) is 1.67. The molecule has 0 fully saturated rings. The minimum atomic E-state index is -0.263. The molecule has 13 heavy (non-hydrogen) atoms. The Morgan fingerprint density at radius 2 is 2.15 bits per heavy atom. The van der Waals surface area contributed by atoms with Gasteiger partial charge in [0.05, 0.1) is 5.88 Å². The molecule has 0 heterocycles. The van der Waals surface area contributed by atoms with E-state index in [4.69, 9.17) is 34.8 Å². The van der Waals surface area contributed by atoms with Gasteiger partial charge in [-0.25, -0.2) is 0 Å². The summed E-state index contributed by atoms with van der Waals surface area (Å²) >= 11 is 17.3. The number of alkyl halides is 2. The predicted octanol–water partition coefficient (Wildman–Crippen LogP) is 3.86. The molecule has 0 amide bonds. The molecule has 0 aliphatic heterocycles. The second-order valence-electron chi connectivity index (χ2n) is 2.73. The van der Waals surface area contributed by atoms with Gasteiger partial charge in [-0.05, 0) is 24.6 Å². The van der Waals surface area contributed by atoms with Gasteiger partial charge in [0.15, 0.2) is 0 Å². The van der Waals surface area contributed by atoms with E-state index < -0.39 is 0 Å². The molecule has 0 bridgehead atoms. The van der Waals surface area contributed by atoms with Gasteiger partial charge in [-0.3, -0.25) is 0 Å². The van der Waals surface area contributed by atoms with E-state index in [0.29, 0.717) is 5.88 Å². The fourth-order valence-corrected chi connectivity index (χ4v) is 1.29. The molecular formula is C9H10Cl3N. The number of anilines is 1. The SMILES string of the molecule is Cc1ccc(NC(Cl)CCl)cc1Cl. The lowest BCUT2D eigenvalue weighted by Gasteiger charge is -2.10. The van der Waals surface area contributed by atoms with Crippen LogP contribution in [0.4, 0.5) is 5.69 Å². The largest absolute Gasteiger partial charge is 0.368 e. The standard InChI is InChI=1S/C9H10Cl3N/c1-6-2-3-7(4-8(6)11)13-9(12)5-10/h2-4,9,13H,5H2,1H3. The van der Waals surface area contributed by atoms with E-state index in [1.807, 2.05) is 25.1 Å². The van der Waals surface area contributed by atoms with Crippen molar-refractivity contribution in [3.05, 3.63) is 28.8 Å². The van der Waals surface area contributed by atoms with Gasteiger partial charge in [-0.15, -0.1) is 11.6 Å². The Balaban J connectivity index is 2.73. The zero-order valence-electron chi connectivity index (χ0n) is 7.15. The Morgan fingerprint density at radius 3 is 2.69 bits per heavy atom. The number of hydrogen-bond acceptors (Lipinski definition) is 1. The van der Waals surface area contributed by atoms with E-state index in [2.05, 4.69) is 5.32 Å². The Labute approximate surface area is 93.0 Å². The molecule has 0 aromatic heterocycles. The summed E-state index contributed by atoms with van der Waals surface area (Å²) in [6.07, 6.45) is 0. The summed E-state index contributed by atoms with van der Waals surface area (Å²) in [4.78, 5) is 0. The molecule has 1 unspecified atom stereocenters. The lowest BCUT2D eigenvalue weighted by Crippen LogP contribution is -2.13. The first-order valence-electron chi connectivity index (χ1n) is 3.86. The van der Waals surface area contributed by atoms with Crippen LogP contribution in [0.1, 0.15) is 5.56 Å². The monoisotopic (exact) mass is 237 g/mol. The number of nitrogens with one attached hydrogen (secondary N) is 1. The molecule has 4 heteroatoms. The maximum absolute atomic E-state index is 5.92. The van der Waals surface area contributed by atoms with Crippen molar-refractivity contribution < 1.29 is 0 Å². The van der Waals surface area contributed by atoms with Gasteiger partial charge in [-0.2, -0.15) is 0 Å². The zero-order valence-corrected chi connectivity index (χ0v) is 9.42. The molecule has 1 aromatic rings. The minimum absolute atomic E-state index is 0.263. The molecule has 72 valence electrons. The van der Waals surface area contributed by atoms with Crippen molar-refractivity contribution in [2.45, 2.75) is 12.4 Å². The number of benzene rings is 1. The van der Waals surface area contributed by atoms with Crippen molar-refractivity contribution >= 4 is 40.5 Å². The third kappa shape index (κ3) is 3.26. The minimum Gasteiger partial charge on any atom is -0.368 e. The second-order valence-corrected chi connectivity index (χ2v) is 3.97. The van der Waals surface area contributed by atoms with Crippen LogP contribution in [0.5, 0.6) is 0 Å². The van der Waals surface area contributed by atoms with E-state index in [0.717, 1.165) is 16.3 Å². The number of hydrogen-bond donors (Lipinski definition) is 1. The first kappa shape index (κ1) is 11.0. The molecular weight excluding hydrogens is 228 g/mol. The summed E-state index contributed by atoms with van der Waals surface area (Å²) < 4.78 is 0. The third-order valence-electron chi connectivity index (χ3n) is 1.63. The van der Waals surface area contributed by atoms with Crippen LogP contribution >= 0.6 is 34.8 Å². The molecule has 0 aliphatic rings. The lowest BCUT2D eigenvalue weighted by molar-refractivity contribution is 1.12. The average Bonchev–Trinajstić information content (AvgIpc) is 2.11. The fraction of sp³-hybridized carbons (Fsp3) is 0.333. The fourth-order valence-electron chi connectivity index (χ4n) is 0.902. The highest BCUT2D eigenvalue weighted by molar-refractivity contribution is 6.31. The van der Waals surface area contributed by atoms with Gasteiger partial charge in [-0.1, -0.05) is 29.3 Å². The van der Waals surface area contributed by atoms with Crippen LogP contribution in [0.3, 0.4) is 0 Å². The van der Waals surface area contributed by atoms with Gasteiger partial charge in [0.2, 0.25) is 0 Å². The molecule has 1 aromatic carbocycles. The van der Waals surface area contributed by atoms with Crippen molar-refractivity contribution in [1.29, 1.82) is 0 Å².